The fourth-order valence-electron chi connectivity index (χ4n) is 4.05. The van der Waals surface area contributed by atoms with Crippen LogP contribution in [0.2, 0.25) is 0 Å². The third-order valence-electron chi connectivity index (χ3n) is 6.14. The number of allylic oxidation sites excluding steroid dienone is 2. The molecule has 0 amide bonds. The highest BCUT2D eigenvalue weighted by atomic mass is 16.6. The third kappa shape index (κ3) is 5.67. The molecule has 0 unspecified atom stereocenters. The minimum Gasteiger partial charge on any atom is -0.459 e. The standard InChI is InChI=1S/C22H34O6/c1-14-7-6-11-21(4,25)19-13-17(15(2)20(24)28-19)10-12-22(5,26)18(9-8-14)27-16(3)23/h7,17-19,25-26H,2,6,8-13H2,1,3-5H3/b14-7+/t17-,18+,19-,21+,22-/m1/s1. The van der Waals surface area contributed by atoms with Gasteiger partial charge in [-0.15, -0.1) is 0 Å². The number of hydrogen-bond donors (Lipinski definition) is 2. The maximum atomic E-state index is 12.3. The summed E-state index contributed by atoms with van der Waals surface area (Å²) >= 11 is 0. The molecule has 2 rings (SSSR count). The third-order valence-corrected chi connectivity index (χ3v) is 6.14. The summed E-state index contributed by atoms with van der Waals surface area (Å²) in [5.74, 6) is -1.10. The maximum absolute atomic E-state index is 12.3. The zero-order chi connectivity index (χ0) is 21.1. The Kier molecular flexibility index (Phi) is 7.10. The molecule has 1 aliphatic carbocycles. The zero-order valence-electron chi connectivity index (χ0n) is 17.5. The minimum atomic E-state index is -1.23. The Morgan fingerprint density at radius 3 is 2.57 bits per heavy atom. The molecular formula is C22H34O6. The second-order valence-corrected chi connectivity index (χ2v) is 8.83. The number of carbonyl (C=O) groups is 2. The van der Waals surface area contributed by atoms with E-state index in [1.165, 1.54) is 6.92 Å². The smallest absolute Gasteiger partial charge is 0.334 e. The van der Waals surface area contributed by atoms with Crippen LogP contribution in [0.15, 0.2) is 23.8 Å². The van der Waals surface area contributed by atoms with Crippen LogP contribution < -0.4 is 0 Å². The van der Waals surface area contributed by atoms with Crippen LogP contribution in [0.5, 0.6) is 0 Å². The highest BCUT2D eigenvalue weighted by Crippen LogP contribution is 2.38. The molecule has 2 aliphatic rings. The van der Waals surface area contributed by atoms with Gasteiger partial charge in [-0.05, 0) is 71.6 Å². The molecule has 2 bridgehead atoms. The highest BCUT2D eigenvalue weighted by molar-refractivity contribution is 5.89. The van der Waals surface area contributed by atoms with Crippen molar-refractivity contribution in [2.75, 3.05) is 0 Å². The van der Waals surface area contributed by atoms with Crippen LogP contribution in [0.1, 0.15) is 72.6 Å². The molecular weight excluding hydrogens is 360 g/mol. The second kappa shape index (κ2) is 8.78. The molecule has 1 saturated heterocycles. The van der Waals surface area contributed by atoms with E-state index in [2.05, 4.69) is 6.58 Å². The van der Waals surface area contributed by atoms with Gasteiger partial charge in [0.05, 0.1) is 11.2 Å². The predicted molar refractivity (Wildman–Crippen MR) is 105 cm³/mol. The lowest BCUT2D eigenvalue weighted by Gasteiger charge is -2.40. The summed E-state index contributed by atoms with van der Waals surface area (Å²) in [5, 5.41) is 21.9. The maximum Gasteiger partial charge on any atom is 0.334 e. The number of esters is 2. The number of fused-ring (bicyclic) bond motifs is 2. The molecule has 2 N–H and O–H groups in total. The lowest BCUT2D eigenvalue weighted by atomic mass is 9.77. The van der Waals surface area contributed by atoms with E-state index in [4.69, 9.17) is 9.47 Å². The molecule has 0 saturated carbocycles. The van der Waals surface area contributed by atoms with Crippen LogP contribution >= 0.6 is 0 Å². The summed E-state index contributed by atoms with van der Waals surface area (Å²) in [6.07, 6.45) is 4.45. The monoisotopic (exact) mass is 394 g/mol. The predicted octanol–water partition coefficient (Wildman–Crippen LogP) is 3.21. The topological polar surface area (TPSA) is 93.1 Å². The van der Waals surface area contributed by atoms with Crippen molar-refractivity contribution >= 4 is 11.9 Å². The van der Waals surface area contributed by atoms with E-state index in [-0.39, 0.29) is 5.92 Å². The molecule has 6 heteroatoms. The first kappa shape index (κ1) is 22.6. The molecule has 0 spiro atoms. The van der Waals surface area contributed by atoms with Crippen molar-refractivity contribution in [1.82, 2.24) is 0 Å². The van der Waals surface area contributed by atoms with Gasteiger partial charge in [-0.2, -0.15) is 0 Å². The van der Waals surface area contributed by atoms with E-state index in [0.29, 0.717) is 50.5 Å². The molecule has 1 fully saturated rings. The van der Waals surface area contributed by atoms with E-state index in [9.17, 15) is 19.8 Å². The molecule has 5 atom stereocenters. The van der Waals surface area contributed by atoms with Crippen molar-refractivity contribution in [3.05, 3.63) is 23.8 Å². The van der Waals surface area contributed by atoms with Gasteiger partial charge in [0.15, 0.2) is 0 Å². The average molecular weight is 395 g/mol. The van der Waals surface area contributed by atoms with Gasteiger partial charge in [-0.3, -0.25) is 4.79 Å². The number of aliphatic hydroxyl groups is 2. The first-order valence-corrected chi connectivity index (χ1v) is 10.1. The summed E-state index contributed by atoms with van der Waals surface area (Å²) in [7, 11) is 0. The fourth-order valence-corrected chi connectivity index (χ4v) is 4.05. The van der Waals surface area contributed by atoms with Gasteiger partial charge < -0.3 is 19.7 Å². The van der Waals surface area contributed by atoms with Crippen molar-refractivity contribution in [3.8, 4) is 0 Å². The number of carbonyl (C=O) groups excluding carboxylic acids is 2. The van der Waals surface area contributed by atoms with E-state index in [1.807, 2.05) is 13.0 Å². The van der Waals surface area contributed by atoms with E-state index < -0.39 is 35.3 Å². The Hall–Kier alpha value is -1.66. The Labute approximate surface area is 167 Å². The molecule has 0 aromatic heterocycles. The van der Waals surface area contributed by atoms with Gasteiger partial charge >= 0.3 is 11.9 Å². The Balaban J connectivity index is 2.30. The van der Waals surface area contributed by atoms with Crippen molar-refractivity contribution in [1.29, 1.82) is 0 Å². The van der Waals surface area contributed by atoms with Gasteiger partial charge in [-0.25, -0.2) is 4.79 Å². The van der Waals surface area contributed by atoms with E-state index in [0.717, 1.165) is 5.57 Å². The van der Waals surface area contributed by atoms with Crippen LogP contribution in [-0.2, 0) is 19.1 Å². The zero-order valence-corrected chi connectivity index (χ0v) is 17.5. The molecule has 0 aromatic carbocycles. The Morgan fingerprint density at radius 2 is 1.93 bits per heavy atom. The highest BCUT2D eigenvalue weighted by Gasteiger charge is 2.43. The second-order valence-electron chi connectivity index (χ2n) is 8.83. The molecule has 6 nitrogen and oxygen atoms in total. The average Bonchev–Trinajstić information content (AvgIpc) is 2.58. The Bertz CT molecular complexity index is 645. The number of rotatable bonds is 1. The van der Waals surface area contributed by atoms with Crippen LogP contribution in [0.25, 0.3) is 0 Å². The molecule has 158 valence electrons. The first-order valence-electron chi connectivity index (χ1n) is 10.1. The lowest BCUT2D eigenvalue weighted by Crippen LogP contribution is -2.48. The summed E-state index contributed by atoms with van der Waals surface area (Å²) in [4.78, 5) is 23.8. The van der Waals surface area contributed by atoms with E-state index >= 15 is 0 Å². The number of hydrogen-bond acceptors (Lipinski definition) is 6. The Morgan fingerprint density at radius 1 is 1.25 bits per heavy atom. The molecule has 1 heterocycles. The van der Waals surface area contributed by atoms with Crippen LogP contribution in [0.4, 0.5) is 0 Å². The quantitative estimate of drug-likeness (QED) is 0.403. The van der Waals surface area contributed by atoms with Crippen LogP contribution in [-0.4, -0.2) is 45.6 Å². The van der Waals surface area contributed by atoms with Crippen LogP contribution in [0, 0.1) is 5.92 Å². The summed E-state index contributed by atoms with van der Waals surface area (Å²) < 4.78 is 10.9. The normalized spacial score (nSPS) is 39.9. The fraction of sp³-hybridized carbons (Fsp3) is 0.727. The van der Waals surface area contributed by atoms with Gasteiger partial charge in [-0.1, -0.05) is 18.2 Å². The van der Waals surface area contributed by atoms with Crippen molar-refractivity contribution in [2.24, 2.45) is 5.92 Å². The van der Waals surface area contributed by atoms with Crippen molar-refractivity contribution < 1.29 is 29.3 Å². The van der Waals surface area contributed by atoms with E-state index in [1.54, 1.807) is 13.8 Å². The molecule has 1 aliphatic heterocycles. The lowest BCUT2D eigenvalue weighted by molar-refractivity contribution is -0.169. The van der Waals surface area contributed by atoms with Gasteiger partial charge in [0, 0.05) is 12.5 Å². The SMILES string of the molecule is C=C1C(=O)O[C@@H]2C[C@H]1CC[C@@](C)(O)[C@@H](OC(C)=O)CC/C(C)=C/CC[C@]2(C)O. The molecule has 0 radical (unpaired) electrons. The minimum absolute atomic E-state index is 0.192. The van der Waals surface area contributed by atoms with Crippen molar-refractivity contribution in [2.45, 2.75) is 96.1 Å². The summed E-state index contributed by atoms with van der Waals surface area (Å²) in [5.41, 5.74) is -0.879. The van der Waals surface area contributed by atoms with Gasteiger partial charge in [0.2, 0.25) is 0 Å². The first-order chi connectivity index (χ1) is 12.9. The van der Waals surface area contributed by atoms with Gasteiger partial charge in [0.25, 0.3) is 0 Å². The largest absolute Gasteiger partial charge is 0.459 e. The summed E-state index contributed by atoms with van der Waals surface area (Å²) in [6, 6.07) is 0. The number of ether oxygens (including phenoxy) is 2. The van der Waals surface area contributed by atoms with Crippen LogP contribution in [0.3, 0.4) is 0 Å². The van der Waals surface area contributed by atoms with Gasteiger partial charge in [0.1, 0.15) is 12.2 Å². The molecule has 0 aromatic rings. The summed E-state index contributed by atoms with van der Waals surface area (Å²) in [6.45, 7) is 10.6. The van der Waals surface area contributed by atoms with Crippen molar-refractivity contribution in [3.63, 3.8) is 0 Å². The molecule has 28 heavy (non-hydrogen) atoms.